The lowest BCUT2D eigenvalue weighted by Crippen LogP contribution is -2.41. The van der Waals surface area contributed by atoms with E-state index in [2.05, 4.69) is 5.10 Å². The first kappa shape index (κ1) is 17.1. The highest BCUT2D eigenvalue weighted by Gasteiger charge is 2.52. The molecule has 128 valence electrons. The highest BCUT2D eigenvalue weighted by molar-refractivity contribution is 6.61. The number of aryl methyl sites for hydroxylation is 2. The van der Waals surface area contributed by atoms with Crippen molar-refractivity contribution in [3.8, 4) is 0 Å². The number of aromatic nitrogens is 2. The average Bonchev–Trinajstić information content (AvgIpc) is 3.03. The molecule has 1 aliphatic heterocycles. The zero-order valence-corrected chi connectivity index (χ0v) is 14.3. The largest absolute Gasteiger partial charge is 0.498 e. The van der Waals surface area contributed by atoms with Gasteiger partial charge >= 0.3 is 7.12 Å². The minimum Gasteiger partial charge on any atom is -0.399 e. The van der Waals surface area contributed by atoms with Crippen molar-refractivity contribution in [3.05, 3.63) is 47.8 Å². The first-order valence-electron chi connectivity index (χ1n) is 8.00. The topological polar surface area (TPSA) is 36.3 Å². The van der Waals surface area contributed by atoms with E-state index < -0.39 is 30.0 Å². The van der Waals surface area contributed by atoms with E-state index in [-0.39, 0.29) is 0 Å². The lowest BCUT2D eigenvalue weighted by atomic mass is 9.82. The van der Waals surface area contributed by atoms with Crippen molar-refractivity contribution in [2.45, 2.75) is 51.9 Å². The molecule has 0 amide bonds. The quantitative estimate of drug-likeness (QED) is 0.807. The fourth-order valence-electron chi connectivity index (χ4n) is 2.54. The van der Waals surface area contributed by atoms with Crippen LogP contribution in [0.1, 0.15) is 33.3 Å². The zero-order valence-electron chi connectivity index (χ0n) is 14.3. The van der Waals surface area contributed by atoms with E-state index in [9.17, 15) is 8.78 Å². The second-order valence-corrected chi connectivity index (χ2v) is 7.12. The molecule has 24 heavy (non-hydrogen) atoms. The van der Waals surface area contributed by atoms with Crippen LogP contribution in [0.15, 0.2) is 30.6 Å². The number of nitrogens with zero attached hydrogens (tertiary/aromatic N) is 2. The smallest absolute Gasteiger partial charge is 0.399 e. The van der Waals surface area contributed by atoms with Crippen molar-refractivity contribution in [2.24, 2.45) is 0 Å². The maximum Gasteiger partial charge on any atom is 0.498 e. The summed E-state index contributed by atoms with van der Waals surface area (Å²) in [6, 6.07) is 3.94. The van der Waals surface area contributed by atoms with Crippen LogP contribution in [0, 0.1) is 11.6 Å². The molecule has 2 heterocycles. The van der Waals surface area contributed by atoms with Crippen LogP contribution in [0.3, 0.4) is 0 Å². The van der Waals surface area contributed by atoms with E-state index >= 15 is 0 Å². The molecule has 7 heteroatoms. The van der Waals surface area contributed by atoms with Gasteiger partial charge in [-0.15, -0.1) is 0 Å². The van der Waals surface area contributed by atoms with Crippen LogP contribution in [0.5, 0.6) is 0 Å². The number of halogens is 2. The minimum atomic E-state index is -0.833. The van der Waals surface area contributed by atoms with Crippen LogP contribution in [0.25, 0.3) is 0 Å². The molecule has 3 rings (SSSR count). The van der Waals surface area contributed by atoms with E-state index in [1.165, 1.54) is 6.07 Å². The van der Waals surface area contributed by atoms with E-state index in [0.29, 0.717) is 13.0 Å². The molecule has 0 unspecified atom stereocenters. The third-order valence-electron chi connectivity index (χ3n) is 4.79. The Morgan fingerprint density at radius 1 is 1.08 bits per heavy atom. The van der Waals surface area contributed by atoms with Crippen molar-refractivity contribution in [3.63, 3.8) is 0 Å². The number of benzene rings is 1. The van der Waals surface area contributed by atoms with Gasteiger partial charge in [0.1, 0.15) is 0 Å². The highest BCUT2D eigenvalue weighted by Crippen LogP contribution is 2.36. The average molecular weight is 334 g/mol. The Labute approximate surface area is 140 Å². The molecule has 0 bridgehead atoms. The van der Waals surface area contributed by atoms with Gasteiger partial charge in [0, 0.05) is 24.4 Å². The lowest BCUT2D eigenvalue weighted by molar-refractivity contribution is 0.00578. The van der Waals surface area contributed by atoms with Crippen molar-refractivity contribution < 1.29 is 18.1 Å². The Bertz CT molecular complexity index is 730. The maximum absolute atomic E-state index is 13.2. The summed E-state index contributed by atoms with van der Waals surface area (Å²) in [7, 11) is -0.452. The van der Waals surface area contributed by atoms with Gasteiger partial charge < -0.3 is 9.31 Å². The van der Waals surface area contributed by atoms with Gasteiger partial charge in [-0.25, -0.2) is 8.78 Å². The Morgan fingerprint density at radius 3 is 2.38 bits per heavy atom. The SMILES string of the molecule is CC1(C)OB(c2cnn(CCc3ccc(F)c(F)c3)c2)OC1(C)C. The molecule has 0 saturated carbocycles. The highest BCUT2D eigenvalue weighted by atomic mass is 19.2. The van der Waals surface area contributed by atoms with Gasteiger partial charge in [-0.2, -0.15) is 5.10 Å². The van der Waals surface area contributed by atoms with Crippen LogP contribution >= 0.6 is 0 Å². The van der Waals surface area contributed by atoms with Gasteiger partial charge in [0.05, 0.1) is 11.2 Å². The number of rotatable bonds is 4. The fourth-order valence-corrected chi connectivity index (χ4v) is 2.54. The summed E-state index contributed by atoms with van der Waals surface area (Å²) in [5.41, 5.74) is 0.775. The minimum absolute atomic E-state index is 0.397. The van der Waals surface area contributed by atoms with Crippen LogP contribution in [-0.2, 0) is 22.3 Å². The van der Waals surface area contributed by atoms with E-state index in [4.69, 9.17) is 9.31 Å². The summed E-state index contributed by atoms with van der Waals surface area (Å²) in [6.07, 6.45) is 4.14. The lowest BCUT2D eigenvalue weighted by Gasteiger charge is -2.32. The number of hydrogen-bond acceptors (Lipinski definition) is 3. The molecule has 1 fully saturated rings. The summed E-state index contributed by atoms with van der Waals surface area (Å²) in [6.45, 7) is 8.56. The second-order valence-electron chi connectivity index (χ2n) is 7.12. The predicted molar refractivity (Wildman–Crippen MR) is 88.0 cm³/mol. The molecule has 1 saturated heterocycles. The van der Waals surface area contributed by atoms with E-state index in [0.717, 1.165) is 17.1 Å². The first-order chi connectivity index (χ1) is 11.2. The molecule has 0 aliphatic carbocycles. The van der Waals surface area contributed by atoms with Crippen molar-refractivity contribution in [2.75, 3.05) is 0 Å². The summed E-state index contributed by atoms with van der Waals surface area (Å²) in [4.78, 5) is 0. The summed E-state index contributed by atoms with van der Waals surface area (Å²) >= 11 is 0. The molecular weight excluding hydrogens is 313 g/mol. The zero-order chi connectivity index (χ0) is 17.5. The Balaban J connectivity index is 1.65. The molecule has 0 spiro atoms. The van der Waals surface area contributed by atoms with Gasteiger partial charge in [-0.05, 0) is 51.8 Å². The Hall–Kier alpha value is -1.73. The molecule has 1 aromatic carbocycles. The van der Waals surface area contributed by atoms with Crippen LogP contribution in [-0.4, -0.2) is 28.1 Å². The molecular formula is C17H21BF2N2O2. The first-order valence-corrected chi connectivity index (χ1v) is 8.00. The molecule has 1 aliphatic rings. The number of hydrogen-bond donors (Lipinski definition) is 0. The van der Waals surface area contributed by atoms with Gasteiger partial charge in [0.25, 0.3) is 0 Å². The molecule has 0 atom stereocenters. The van der Waals surface area contributed by atoms with Gasteiger partial charge in [-0.3, -0.25) is 4.68 Å². The summed E-state index contributed by atoms with van der Waals surface area (Å²) < 4.78 is 39.9. The standard InChI is InChI=1S/C17H21BF2N2O2/c1-16(2)17(3,4)24-18(23-16)13-10-21-22(11-13)8-7-12-5-6-14(19)15(20)9-12/h5-6,9-11H,7-8H2,1-4H3. The van der Waals surface area contributed by atoms with Crippen molar-refractivity contribution in [1.29, 1.82) is 0 Å². The molecule has 2 aromatic rings. The second kappa shape index (κ2) is 5.97. The molecule has 0 N–H and O–H groups in total. The molecule has 4 nitrogen and oxygen atoms in total. The maximum atomic E-state index is 13.2. The van der Waals surface area contributed by atoms with Crippen LogP contribution in [0.2, 0.25) is 0 Å². The van der Waals surface area contributed by atoms with Crippen LogP contribution in [0.4, 0.5) is 8.78 Å². The third kappa shape index (κ3) is 3.23. The van der Waals surface area contributed by atoms with Crippen LogP contribution < -0.4 is 5.46 Å². The van der Waals surface area contributed by atoms with Crippen molar-refractivity contribution >= 4 is 12.6 Å². The normalized spacial score (nSPS) is 19.0. The monoisotopic (exact) mass is 334 g/mol. The molecule has 1 aromatic heterocycles. The predicted octanol–water partition coefficient (Wildman–Crippen LogP) is 2.70. The van der Waals surface area contributed by atoms with E-state index in [1.807, 2.05) is 33.9 Å². The van der Waals surface area contributed by atoms with Gasteiger partial charge in [0.2, 0.25) is 0 Å². The van der Waals surface area contributed by atoms with Gasteiger partial charge in [0.15, 0.2) is 11.6 Å². The third-order valence-corrected chi connectivity index (χ3v) is 4.79. The molecule has 0 radical (unpaired) electrons. The summed E-state index contributed by atoms with van der Waals surface area (Å²) in [5, 5.41) is 4.30. The summed E-state index contributed by atoms with van der Waals surface area (Å²) in [5.74, 6) is -1.66. The fraction of sp³-hybridized carbons (Fsp3) is 0.471. The Kier molecular flexibility index (Phi) is 4.26. The van der Waals surface area contributed by atoms with E-state index in [1.54, 1.807) is 16.9 Å². The van der Waals surface area contributed by atoms with Crippen molar-refractivity contribution in [1.82, 2.24) is 9.78 Å². The van der Waals surface area contributed by atoms with Gasteiger partial charge in [-0.1, -0.05) is 6.07 Å². The Morgan fingerprint density at radius 2 is 1.75 bits per heavy atom.